The summed E-state index contributed by atoms with van der Waals surface area (Å²) in [6, 6.07) is 9.23. The van der Waals surface area contributed by atoms with Crippen molar-refractivity contribution in [1.82, 2.24) is 5.48 Å². The number of anilines is 1. The minimum absolute atomic E-state index is 0.110. The third-order valence-corrected chi connectivity index (χ3v) is 5.14. The molecule has 0 bridgehead atoms. The van der Waals surface area contributed by atoms with Gasteiger partial charge in [0.25, 0.3) is 5.91 Å². The first-order valence-corrected chi connectivity index (χ1v) is 10.1. The molecule has 0 radical (unpaired) electrons. The van der Waals surface area contributed by atoms with Gasteiger partial charge in [0.15, 0.2) is 0 Å². The van der Waals surface area contributed by atoms with Crippen LogP contribution in [-0.2, 0) is 9.53 Å². The van der Waals surface area contributed by atoms with Crippen LogP contribution < -0.4 is 15.5 Å². The average Bonchev–Trinajstić information content (AvgIpc) is 2.81. The molecule has 0 aliphatic heterocycles. The zero-order valence-corrected chi connectivity index (χ0v) is 18.4. The SMILES string of the molecule is C/C(C(=O)NO)=C(/C)[C@H](C)[C@@H](OC(=O)Nc1ccc(F)cc1F)c1ccc(OCCO)cc1. The van der Waals surface area contributed by atoms with Crippen LogP contribution in [0.4, 0.5) is 19.3 Å². The van der Waals surface area contributed by atoms with E-state index in [4.69, 9.17) is 19.8 Å². The van der Waals surface area contributed by atoms with Gasteiger partial charge in [-0.1, -0.05) is 24.6 Å². The molecule has 0 saturated carbocycles. The summed E-state index contributed by atoms with van der Waals surface area (Å²) in [5.74, 6) is -2.51. The van der Waals surface area contributed by atoms with Gasteiger partial charge in [-0.3, -0.25) is 15.3 Å². The average molecular weight is 464 g/mol. The van der Waals surface area contributed by atoms with Crippen molar-refractivity contribution in [3.05, 3.63) is 70.8 Å². The number of rotatable bonds is 9. The van der Waals surface area contributed by atoms with Crippen molar-refractivity contribution < 1.29 is 38.2 Å². The highest BCUT2D eigenvalue weighted by Crippen LogP contribution is 2.34. The number of aliphatic hydroxyl groups excluding tert-OH is 1. The Bertz CT molecular complexity index is 1010. The van der Waals surface area contributed by atoms with E-state index in [1.165, 1.54) is 6.92 Å². The molecule has 0 heterocycles. The van der Waals surface area contributed by atoms with E-state index in [1.54, 1.807) is 43.6 Å². The van der Waals surface area contributed by atoms with E-state index in [0.29, 0.717) is 23.0 Å². The van der Waals surface area contributed by atoms with E-state index < -0.39 is 35.7 Å². The summed E-state index contributed by atoms with van der Waals surface area (Å²) in [5.41, 5.74) is 2.61. The van der Waals surface area contributed by atoms with Gasteiger partial charge in [0.05, 0.1) is 12.3 Å². The molecule has 2 amide bonds. The smallest absolute Gasteiger partial charge is 0.412 e. The quantitative estimate of drug-likeness (QED) is 0.252. The molecule has 0 aliphatic rings. The van der Waals surface area contributed by atoms with Gasteiger partial charge in [0.2, 0.25) is 0 Å². The van der Waals surface area contributed by atoms with Crippen LogP contribution in [0.1, 0.15) is 32.4 Å². The Morgan fingerprint density at radius 3 is 2.33 bits per heavy atom. The number of carbonyl (C=O) groups is 2. The second kappa shape index (κ2) is 11.9. The number of hydrogen-bond acceptors (Lipinski definition) is 6. The summed E-state index contributed by atoms with van der Waals surface area (Å²) in [4.78, 5) is 24.4. The molecule has 0 aliphatic carbocycles. The van der Waals surface area contributed by atoms with Gasteiger partial charge in [-0.2, -0.15) is 0 Å². The van der Waals surface area contributed by atoms with Crippen molar-refractivity contribution in [3.63, 3.8) is 0 Å². The molecule has 33 heavy (non-hydrogen) atoms. The number of hydroxylamine groups is 1. The molecule has 0 saturated heterocycles. The Morgan fingerprint density at radius 1 is 1.09 bits per heavy atom. The second-order valence-corrected chi connectivity index (χ2v) is 7.25. The predicted molar refractivity (Wildman–Crippen MR) is 116 cm³/mol. The maximum absolute atomic E-state index is 13.9. The maximum Gasteiger partial charge on any atom is 0.412 e. The van der Waals surface area contributed by atoms with Crippen LogP contribution in [0.25, 0.3) is 0 Å². The standard InChI is InChI=1S/C23H26F2N2O6/c1-13(15(3)22(29)27-31)14(2)21(16-4-7-18(8-5-16)32-11-10-28)33-23(30)26-20-9-6-17(24)12-19(20)25/h4-9,12,14,21,28,31H,10-11H2,1-3H3,(H,26,30)(H,27,29)/b15-13+/t14-,21+/m0/s1. The number of hydrogen-bond donors (Lipinski definition) is 4. The molecule has 2 aromatic rings. The molecule has 2 aromatic carbocycles. The van der Waals surface area contributed by atoms with Gasteiger partial charge in [0, 0.05) is 17.6 Å². The first-order chi connectivity index (χ1) is 15.7. The van der Waals surface area contributed by atoms with Crippen molar-refractivity contribution in [2.75, 3.05) is 18.5 Å². The van der Waals surface area contributed by atoms with Gasteiger partial charge in [-0.05, 0) is 43.7 Å². The summed E-state index contributed by atoms with van der Waals surface area (Å²) in [6.45, 7) is 4.84. The largest absolute Gasteiger partial charge is 0.491 e. The summed E-state index contributed by atoms with van der Waals surface area (Å²) < 4.78 is 38.0. The number of benzene rings is 2. The molecule has 0 unspecified atom stereocenters. The first kappa shape index (κ1) is 25.8. The Balaban J connectivity index is 2.33. The zero-order valence-electron chi connectivity index (χ0n) is 18.4. The van der Waals surface area contributed by atoms with Crippen molar-refractivity contribution in [1.29, 1.82) is 0 Å². The lowest BCUT2D eigenvalue weighted by Crippen LogP contribution is -2.25. The number of aliphatic hydroxyl groups is 1. The molecule has 0 aromatic heterocycles. The lowest BCUT2D eigenvalue weighted by molar-refractivity contribution is -0.125. The molecule has 2 rings (SSSR count). The highest BCUT2D eigenvalue weighted by atomic mass is 19.1. The highest BCUT2D eigenvalue weighted by molar-refractivity contribution is 5.92. The molecule has 10 heteroatoms. The minimum atomic E-state index is -0.991. The lowest BCUT2D eigenvalue weighted by Gasteiger charge is -2.26. The monoisotopic (exact) mass is 464 g/mol. The Hall–Kier alpha value is -3.50. The molecule has 2 atom stereocenters. The van der Waals surface area contributed by atoms with Crippen molar-refractivity contribution in [2.24, 2.45) is 5.92 Å². The normalized spacial score (nSPS) is 13.4. The lowest BCUT2D eigenvalue weighted by atomic mass is 9.88. The van der Waals surface area contributed by atoms with Crippen molar-refractivity contribution >= 4 is 17.7 Å². The van der Waals surface area contributed by atoms with Crippen LogP contribution in [0.2, 0.25) is 0 Å². The molecule has 178 valence electrons. The summed E-state index contributed by atoms with van der Waals surface area (Å²) in [5, 5.41) is 20.1. The molecular weight excluding hydrogens is 438 g/mol. The van der Waals surface area contributed by atoms with Gasteiger partial charge >= 0.3 is 6.09 Å². The van der Waals surface area contributed by atoms with E-state index in [-0.39, 0.29) is 24.5 Å². The Morgan fingerprint density at radius 2 is 1.76 bits per heavy atom. The summed E-state index contributed by atoms with van der Waals surface area (Å²) in [7, 11) is 0. The zero-order chi connectivity index (χ0) is 24.5. The Labute approximate surface area is 189 Å². The van der Waals surface area contributed by atoms with E-state index in [2.05, 4.69) is 5.32 Å². The number of ether oxygens (including phenoxy) is 2. The maximum atomic E-state index is 13.9. The van der Waals surface area contributed by atoms with Crippen LogP contribution >= 0.6 is 0 Å². The molecule has 0 spiro atoms. The molecule has 8 nitrogen and oxygen atoms in total. The Kier molecular flexibility index (Phi) is 9.31. The van der Waals surface area contributed by atoms with Gasteiger partial charge in [-0.25, -0.2) is 19.1 Å². The fourth-order valence-corrected chi connectivity index (χ4v) is 3.05. The second-order valence-electron chi connectivity index (χ2n) is 7.25. The van der Waals surface area contributed by atoms with Crippen molar-refractivity contribution in [3.8, 4) is 5.75 Å². The van der Waals surface area contributed by atoms with Crippen LogP contribution in [0.15, 0.2) is 53.6 Å². The fourth-order valence-electron chi connectivity index (χ4n) is 3.05. The fraction of sp³-hybridized carbons (Fsp3) is 0.304. The van der Waals surface area contributed by atoms with E-state index in [9.17, 15) is 18.4 Å². The molecule has 0 fully saturated rings. The van der Waals surface area contributed by atoms with Gasteiger partial charge < -0.3 is 14.6 Å². The van der Waals surface area contributed by atoms with E-state index in [1.807, 2.05) is 0 Å². The van der Waals surface area contributed by atoms with Crippen LogP contribution in [0.5, 0.6) is 5.75 Å². The van der Waals surface area contributed by atoms with Crippen LogP contribution in [-0.4, -0.2) is 35.5 Å². The van der Waals surface area contributed by atoms with Crippen molar-refractivity contribution in [2.45, 2.75) is 26.9 Å². The molecule has 4 N–H and O–H groups in total. The number of carbonyl (C=O) groups excluding carboxylic acids is 2. The third-order valence-electron chi connectivity index (χ3n) is 5.14. The topological polar surface area (TPSA) is 117 Å². The predicted octanol–water partition coefficient (Wildman–Crippen LogP) is 4.10. The summed E-state index contributed by atoms with van der Waals surface area (Å²) in [6.07, 6.45) is -1.91. The van der Waals surface area contributed by atoms with E-state index >= 15 is 0 Å². The van der Waals surface area contributed by atoms with E-state index in [0.717, 1.165) is 12.1 Å². The number of halogens is 2. The van der Waals surface area contributed by atoms with Gasteiger partial charge in [-0.15, -0.1) is 0 Å². The number of amides is 2. The highest BCUT2D eigenvalue weighted by Gasteiger charge is 2.27. The molecular formula is C23H26F2N2O6. The van der Waals surface area contributed by atoms with Crippen LogP contribution in [0.3, 0.4) is 0 Å². The number of nitrogens with one attached hydrogen (secondary N) is 2. The first-order valence-electron chi connectivity index (χ1n) is 10.1. The summed E-state index contributed by atoms with van der Waals surface area (Å²) >= 11 is 0. The minimum Gasteiger partial charge on any atom is -0.491 e. The van der Waals surface area contributed by atoms with Gasteiger partial charge in [0.1, 0.15) is 30.1 Å². The third kappa shape index (κ3) is 6.99. The van der Waals surface area contributed by atoms with Crippen LogP contribution in [0, 0.1) is 17.6 Å².